The van der Waals surface area contributed by atoms with E-state index in [0.717, 1.165) is 16.4 Å². The smallest absolute Gasteiger partial charge is 0.238 e. The predicted molar refractivity (Wildman–Crippen MR) is 115 cm³/mol. The third kappa shape index (κ3) is 3.57. The van der Waals surface area contributed by atoms with E-state index >= 15 is 0 Å². The number of H-pyrrole nitrogens is 1. The van der Waals surface area contributed by atoms with Gasteiger partial charge in [0.2, 0.25) is 10.0 Å². The molecule has 4 rings (SSSR count). The number of nitrogens with two attached hydrogens (primary N) is 1. The number of rotatable bonds is 6. The van der Waals surface area contributed by atoms with Crippen molar-refractivity contribution in [2.24, 2.45) is 5.14 Å². The fourth-order valence-corrected chi connectivity index (χ4v) is 4.96. The van der Waals surface area contributed by atoms with Gasteiger partial charge in [-0.3, -0.25) is 4.79 Å². The molecule has 3 N–H and O–H groups in total. The lowest BCUT2D eigenvalue weighted by Gasteiger charge is -2.11. The Morgan fingerprint density at radius 2 is 2.03 bits per heavy atom. The van der Waals surface area contributed by atoms with Crippen LogP contribution in [0.25, 0.3) is 21.9 Å². The monoisotopic (exact) mass is 428 g/mol. The van der Waals surface area contributed by atoms with Crippen molar-refractivity contribution in [1.82, 2.24) is 14.5 Å². The maximum Gasteiger partial charge on any atom is 0.238 e. The van der Waals surface area contributed by atoms with Gasteiger partial charge in [0.15, 0.2) is 10.9 Å². The van der Waals surface area contributed by atoms with Crippen molar-refractivity contribution in [1.29, 1.82) is 0 Å². The van der Waals surface area contributed by atoms with Crippen LogP contribution in [0.5, 0.6) is 0 Å². The molecule has 7 nitrogen and oxygen atoms in total. The van der Waals surface area contributed by atoms with Gasteiger partial charge in [-0.05, 0) is 38.1 Å². The number of carbonyl (C=O) groups excluding carboxylic acids is 1. The van der Waals surface area contributed by atoms with Gasteiger partial charge in [-0.25, -0.2) is 18.5 Å². The molecule has 1 unspecified atom stereocenters. The van der Waals surface area contributed by atoms with Gasteiger partial charge in [0.05, 0.1) is 21.2 Å². The summed E-state index contributed by atoms with van der Waals surface area (Å²) < 4.78 is 25.2. The molecule has 0 amide bonds. The van der Waals surface area contributed by atoms with Gasteiger partial charge in [0.1, 0.15) is 0 Å². The summed E-state index contributed by atoms with van der Waals surface area (Å²) in [7, 11) is -3.81. The van der Waals surface area contributed by atoms with Gasteiger partial charge in [0.25, 0.3) is 0 Å². The number of primary sulfonamides is 1. The van der Waals surface area contributed by atoms with Gasteiger partial charge in [-0.15, -0.1) is 0 Å². The third-order valence-corrected chi connectivity index (χ3v) is 6.84. The molecule has 0 fully saturated rings. The fourth-order valence-electron chi connectivity index (χ4n) is 3.37. The van der Waals surface area contributed by atoms with E-state index in [1.165, 1.54) is 23.9 Å². The maximum absolute atomic E-state index is 13.1. The minimum absolute atomic E-state index is 0.00684. The number of aromatic amines is 1. The topological polar surface area (TPSA) is 111 Å². The van der Waals surface area contributed by atoms with Crippen LogP contribution in [0.3, 0.4) is 0 Å². The zero-order chi connectivity index (χ0) is 20.8. The number of benzene rings is 2. The second-order valence-corrected chi connectivity index (χ2v) is 9.58. The quantitative estimate of drug-likeness (QED) is 0.360. The molecule has 0 aliphatic heterocycles. The fraction of sp³-hybridized carbons (Fsp3) is 0.200. The molecular weight excluding hydrogens is 408 g/mol. The molecule has 0 saturated carbocycles. The number of fused-ring (bicyclic) bond motifs is 2. The van der Waals surface area contributed by atoms with Gasteiger partial charge >= 0.3 is 0 Å². The number of carbonyl (C=O) groups is 1. The second-order valence-electron chi connectivity index (χ2n) is 6.71. The molecule has 4 aromatic rings. The number of imidazole rings is 1. The van der Waals surface area contributed by atoms with E-state index in [1.54, 1.807) is 12.3 Å². The summed E-state index contributed by atoms with van der Waals surface area (Å²) in [6.07, 6.45) is 1.74. The summed E-state index contributed by atoms with van der Waals surface area (Å²) in [5, 5.41) is 6.42. The Bertz CT molecular complexity index is 1340. The Labute approximate surface area is 172 Å². The van der Waals surface area contributed by atoms with E-state index < -0.39 is 10.0 Å². The van der Waals surface area contributed by atoms with E-state index in [4.69, 9.17) is 5.14 Å². The number of sulfonamides is 1. The Morgan fingerprint density at radius 1 is 1.28 bits per heavy atom. The molecule has 9 heteroatoms. The average molecular weight is 429 g/mol. The van der Waals surface area contributed by atoms with Crippen LogP contribution in [0, 0.1) is 0 Å². The number of thioether (sulfide) groups is 1. The molecular formula is C20H20N4O3S2. The molecule has 29 heavy (non-hydrogen) atoms. The zero-order valence-electron chi connectivity index (χ0n) is 15.9. The molecule has 2 heterocycles. The average Bonchev–Trinajstić information content (AvgIpc) is 3.26. The van der Waals surface area contributed by atoms with E-state index in [1.807, 2.05) is 42.7 Å². The minimum atomic E-state index is -3.81. The summed E-state index contributed by atoms with van der Waals surface area (Å²) in [5.74, 6) is 0.00684. The van der Waals surface area contributed by atoms with Crippen molar-refractivity contribution >= 4 is 49.5 Å². The van der Waals surface area contributed by atoms with Crippen molar-refractivity contribution in [2.75, 3.05) is 0 Å². The Kier molecular flexibility index (Phi) is 4.97. The molecule has 150 valence electrons. The van der Waals surface area contributed by atoms with Crippen LogP contribution in [-0.2, 0) is 16.6 Å². The van der Waals surface area contributed by atoms with Crippen molar-refractivity contribution in [3.05, 3.63) is 54.2 Å². The molecule has 0 spiro atoms. The lowest BCUT2D eigenvalue weighted by Crippen LogP contribution is -2.14. The SMILES string of the molecule is CCn1c(SC(C)C(=O)c2c[nH]c3ccccc23)nc2cc(S(N)(=O)=O)ccc21. The third-order valence-electron chi connectivity index (χ3n) is 4.84. The molecule has 2 aromatic carbocycles. The van der Waals surface area contributed by atoms with Crippen LogP contribution < -0.4 is 5.14 Å². The van der Waals surface area contributed by atoms with Gasteiger partial charge in [-0.2, -0.15) is 0 Å². The summed E-state index contributed by atoms with van der Waals surface area (Å²) in [5.41, 5.74) is 2.91. The van der Waals surface area contributed by atoms with Crippen LogP contribution in [0.15, 0.2) is 58.7 Å². The number of hydrogen-bond acceptors (Lipinski definition) is 5. The molecule has 2 aromatic heterocycles. The van der Waals surface area contributed by atoms with Crippen LogP contribution in [0.1, 0.15) is 24.2 Å². The summed E-state index contributed by atoms with van der Waals surface area (Å²) in [6.45, 7) is 4.47. The van der Waals surface area contributed by atoms with Crippen LogP contribution in [0.4, 0.5) is 0 Å². The van der Waals surface area contributed by atoms with Crippen molar-refractivity contribution < 1.29 is 13.2 Å². The molecule has 1 atom stereocenters. The molecule has 0 aliphatic carbocycles. The summed E-state index contributed by atoms with van der Waals surface area (Å²) >= 11 is 1.36. The number of ketones is 1. The number of aromatic nitrogens is 3. The lowest BCUT2D eigenvalue weighted by molar-refractivity contribution is 0.0995. The zero-order valence-corrected chi connectivity index (χ0v) is 17.5. The van der Waals surface area contributed by atoms with Crippen LogP contribution in [-0.4, -0.2) is 34.0 Å². The van der Waals surface area contributed by atoms with E-state index in [0.29, 0.717) is 22.8 Å². The standard InChI is InChI=1S/C20H20N4O3S2/c1-3-24-18-9-8-13(29(21,26)27)10-17(18)23-20(24)28-12(2)19(25)15-11-22-16-7-5-4-6-14(15)16/h4-12,22H,3H2,1-2H3,(H2,21,26,27). The van der Waals surface area contributed by atoms with E-state index in [2.05, 4.69) is 9.97 Å². The van der Waals surface area contributed by atoms with Gasteiger partial charge in [0, 0.05) is 29.2 Å². The first kappa shape index (κ1) is 19.7. The molecule has 0 aliphatic rings. The van der Waals surface area contributed by atoms with E-state index in [9.17, 15) is 13.2 Å². The van der Waals surface area contributed by atoms with E-state index in [-0.39, 0.29) is 15.9 Å². The van der Waals surface area contributed by atoms with Gasteiger partial charge in [-0.1, -0.05) is 30.0 Å². The number of hydrogen-bond donors (Lipinski definition) is 2. The number of nitrogens with one attached hydrogen (secondary N) is 1. The predicted octanol–water partition coefficient (Wildman–Crippen LogP) is 3.55. The molecule has 0 radical (unpaired) electrons. The van der Waals surface area contributed by atoms with Crippen LogP contribution >= 0.6 is 11.8 Å². The highest BCUT2D eigenvalue weighted by molar-refractivity contribution is 8.00. The highest BCUT2D eigenvalue weighted by Gasteiger charge is 2.23. The number of Topliss-reactive ketones (excluding diaryl/α,β-unsaturated/α-hetero) is 1. The second kappa shape index (κ2) is 7.33. The molecule has 0 saturated heterocycles. The van der Waals surface area contributed by atoms with Crippen molar-refractivity contribution in [3.8, 4) is 0 Å². The largest absolute Gasteiger partial charge is 0.360 e. The Hall–Kier alpha value is -2.62. The van der Waals surface area contributed by atoms with Crippen LogP contribution in [0.2, 0.25) is 0 Å². The highest BCUT2D eigenvalue weighted by atomic mass is 32.2. The summed E-state index contributed by atoms with van der Waals surface area (Å²) in [4.78, 5) is 20.8. The normalized spacial score (nSPS) is 13.2. The maximum atomic E-state index is 13.1. The number of aryl methyl sites for hydroxylation is 1. The number of nitrogens with zero attached hydrogens (tertiary/aromatic N) is 2. The van der Waals surface area contributed by atoms with Crippen molar-refractivity contribution in [2.45, 2.75) is 35.7 Å². The first-order chi connectivity index (χ1) is 13.8. The Morgan fingerprint density at radius 3 is 2.76 bits per heavy atom. The minimum Gasteiger partial charge on any atom is -0.360 e. The highest BCUT2D eigenvalue weighted by Crippen LogP contribution is 2.31. The molecule has 0 bridgehead atoms. The summed E-state index contributed by atoms with van der Waals surface area (Å²) in [6, 6.07) is 12.3. The first-order valence-corrected chi connectivity index (χ1v) is 11.5. The van der Waals surface area contributed by atoms with Crippen molar-refractivity contribution in [3.63, 3.8) is 0 Å². The number of para-hydroxylation sites is 1. The Balaban J connectivity index is 1.68. The first-order valence-electron chi connectivity index (χ1n) is 9.09. The lowest BCUT2D eigenvalue weighted by atomic mass is 10.1. The van der Waals surface area contributed by atoms with Gasteiger partial charge < -0.3 is 9.55 Å².